The fourth-order valence-corrected chi connectivity index (χ4v) is 4.90. The highest BCUT2D eigenvalue weighted by atomic mass is 32.1. The number of amides is 2. The molecule has 0 radical (unpaired) electrons. The van der Waals surface area contributed by atoms with E-state index in [0.29, 0.717) is 29.6 Å². The Labute approximate surface area is 177 Å². The van der Waals surface area contributed by atoms with Gasteiger partial charge in [0.1, 0.15) is 5.82 Å². The van der Waals surface area contributed by atoms with E-state index in [0.717, 1.165) is 28.8 Å². The maximum absolute atomic E-state index is 14.4. The number of anilines is 2. The largest absolute Gasteiger partial charge is 0.399 e. The number of hydrogen-bond donors (Lipinski definition) is 2. The maximum atomic E-state index is 14.4. The number of carbonyl (C=O) groups excluding carboxylic acids is 2. The van der Waals surface area contributed by atoms with Crippen LogP contribution in [0.4, 0.5) is 15.8 Å². The number of fused-ring (bicyclic) bond motifs is 3. The van der Waals surface area contributed by atoms with Gasteiger partial charge < -0.3 is 16.0 Å². The molecule has 0 spiro atoms. The second-order valence-electron chi connectivity index (χ2n) is 7.68. The molecular weight excluding hydrogens is 401 g/mol. The predicted octanol–water partition coefficient (Wildman–Crippen LogP) is 4.23. The van der Waals surface area contributed by atoms with Crippen LogP contribution in [0.1, 0.15) is 38.4 Å². The summed E-state index contributed by atoms with van der Waals surface area (Å²) in [6.07, 6.45) is 2.66. The van der Waals surface area contributed by atoms with Crippen molar-refractivity contribution >= 4 is 34.5 Å². The minimum absolute atomic E-state index is 0.00578. The van der Waals surface area contributed by atoms with E-state index in [2.05, 4.69) is 5.32 Å². The molecule has 1 aliphatic carbocycles. The standard InChI is InChI=1S/C23H20FN3O2S/c24-18-12-14(25)5-8-16(18)23(29)27-10-9-13-11-20(22(28)26-15-6-7-15)30-21(13)17-3-1-2-4-19(17)27/h1-5,8,11-12,15H,6-7,9-10,25H2,(H,26,28). The average Bonchev–Trinajstić information content (AvgIpc) is 3.47. The Hall–Kier alpha value is -3.19. The summed E-state index contributed by atoms with van der Waals surface area (Å²) in [5.41, 5.74) is 8.52. The first-order chi connectivity index (χ1) is 14.5. The molecule has 5 nitrogen and oxygen atoms in total. The van der Waals surface area contributed by atoms with Crippen LogP contribution in [0.15, 0.2) is 48.5 Å². The third-order valence-electron chi connectivity index (χ3n) is 5.46. The fourth-order valence-electron chi connectivity index (χ4n) is 3.75. The maximum Gasteiger partial charge on any atom is 0.261 e. The molecule has 1 fully saturated rings. The summed E-state index contributed by atoms with van der Waals surface area (Å²) in [6, 6.07) is 13.9. The lowest BCUT2D eigenvalue weighted by Gasteiger charge is -2.23. The SMILES string of the molecule is Nc1ccc(C(=O)N2CCc3cc(C(=O)NC4CC4)sc3-c3ccccc32)c(F)c1. The lowest BCUT2D eigenvalue weighted by atomic mass is 10.1. The molecular formula is C23H20FN3O2S. The highest BCUT2D eigenvalue weighted by Crippen LogP contribution is 2.42. The van der Waals surface area contributed by atoms with Crippen LogP contribution < -0.4 is 16.0 Å². The van der Waals surface area contributed by atoms with Crippen LogP contribution in [0.25, 0.3) is 10.4 Å². The van der Waals surface area contributed by atoms with Crippen molar-refractivity contribution in [3.05, 3.63) is 70.4 Å². The molecule has 2 amide bonds. The molecule has 0 atom stereocenters. The first-order valence-electron chi connectivity index (χ1n) is 9.91. The minimum atomic E-state index is -0.629. The third-order valence-corrected chi connectivity index (χ3v) is 6.67. The van der Waals surface area contributed by atoms with E-state index in [1.54, 1.807) is 4.90 Å². The second kappa shape index (κ2) is 7.25. The summed E-state index contributed by atoms with van der Waals surface area (Å²) in [5, 5.41) is 3.03. The van der Waals surface area contributed by atoms with Crippen molar-refractivity contribution in [1.82, 2.24) is 5.32 Å². The molecule has 5 rings (SSSR count). The number of para-hydroxylation sites is 1. The van der Waals surface area contributed by atoms with E-state index < -0.39 is 11.7 Å². The van der Waals surface area contributed by atoms with Gasteiger partial charge >= 0.3 is 0 Å². The molecule has 152 valence electrons. The van der Waals surface area contributed by atoms with E-state index in [9.17, 15) is 14.0 Å². The fraction of sp³-hybridized carbons (Fsp3) is 0.217. The summed E-state index contributed by atoms with van der Waals surface area (Å²) in [5.74, 6) is -1.07. The Morgan fingerprint density at radius 2 is 1.93 bits per heavy atom. The van der Waals surface area contributed by atoms with Gasteiger partial charge in [0, 0.05) is 28.7 Å². The number of thiophene rings is 1. The smallest absolute Gasteiger partial charge is 0.261 e. The molecule has 1 aromatic heterocycles. The van der Waals surface area contributed by atoms with Crippen molar-refractivity contribution in [2.45, 2.75) is 25.3 Å². The Bertz CT molecular complexity index is 1170. The first kappa shape index (κ1) is 18.8. The Kier molecular flexibility index (Phi) is 4.55. The summed E-state index contributed by atoms with van der Waals surface area (Å²) in [4.78, 5) is 29.0. The monoisotopic (exact) mass is 421 g/mol. The van der Waals surface area contributed by atoms with Gasteiger partial charge in [-0.05, 0) is 55.2 Å². The van der Waals surface area contributed by atoms with Gasteiger partial charge in [0.05, 0.1) is 16.1 Å². The summed E-state index contributed by atoms with van der Waals surface area (Å²) >= 11 is 1.44. The van der Waals surface area contributed by atoms with E-state index in [4.69, 9.17) is 5.73 Å². The topological polar surface area (TPSA) is 75.4 Å². The number of nitrogens with zero attached hydrogens (tertiary/aromatic N) is 1. The van der Waals surface area contributed by atoms with Crippen LogP contribution >= 0.6 is 11.3 Å². The van der Waals surface area contributed by atoms with Crippen molar-refractivity contribution in [1.29, 1.82) is 0 Å². The van der Waals surface area contributed by atoms with Crippen molar-refractivity contribution in [3.63, 3.8) is 0 Å². The molecule has 7 heteroatoms. The van der Waals surface area contributed by atoms with Crippen molar-refractivity contribution in [2.75, 3.05) is 17.2 Å². The van der Waals surface area contributed by atoms with E-state index >= 15 is 0 Å². The summed E-state index contributed by atoms with van der Waals surface area (Å²) in [6.45, 7) is 0.396. The number of hydrogen-bond acceptors (Lipinski definition) is 4. The average molecular weight is 421 g/mol. The molecule has 1 aliphatic heterocycles. The Balaban J connectivity index is 1.53. The number of halogens is 1. The zero-order valence-corrected chi connectivity index (χ0v) is 17.0. The van der Waals surface area contributed by atoms with Crippen LogP contribution in [-0.2, 0) is 6.42 Å². The molecule has 2 aliphatic rings. The van der Waals surface area contributed by atoms with Gasteiger partial charge in [-0.2, -0.15) is 0 Å². The number of nitrogen functional groups attached to an aromatic ring is 1. The van der Waals surface area contributed by atoms with E-state index in [-0.39, 0.29) is 17.2 Å². The molecule has 0 saturated heterocycles. The molecule has 3 N–H and O–H groups in total. The van der Waals surface area contributed by atoms with Gasteiger partial charge in [0.25, 0.3) is 11.8 Å². The van der Waals surface area contributed by atoms with E-state index in [1.165, 1.54) is 29.5 Å². The van der Waals surface area contributed by atoms with Gasteiger partial charge in [-0.15, -0.1) is 11.3 Å². The highest BCUT2D eigenvalue weighted by molar-refractivity contribution is 7.17. The number of benzene rings is 2. The van der Waals surface area contributed by atoms with Crippen molar-refractivity contribution in [2.24, 2.45) is 0 Å². The third kappa shape index (κ3) is 3.35. The van der Waals surface area contributed by atoms with Crippen molar-refractivity contribution < 1.29 is 14.0 Å². The number of nitrogens with one attached hydrogen (secondary N) is 1. The molecule has 30 heavy (non-hydrogen) atoms. The van der Waals surface area contributed by atoms with Crippen LogP contribution in [0.3, 0.4) is 0 Å². The van der Waals surface area contributed by atoms with Gasteiger partial charge in [-0.1, -0.05) is 18.2 Å². The highest BCUT2D eigenvalue weighted by Gasteiger charge is 2.30. The Morgan fingerprint density at radius 1 is 1.13 bits per heavy atom. The lowest BCUT2D eigenvalue weighted by molar-refractivity contribution is 0.0952. The molecule has 3 aromatic rings. The number of carbonyl (C=O) groups is 2. The van der Waals surface area contributed by atoms with Gasteiger partial charge in [-0.3, -0.25) is 9.59 Å². The molecule has 0 unspecified atom stereocenters. The summed E-state index contributed by atoms with van der Waals surface area (Å²) in [7, 11) is 0. The van der Waals surface area contributed by atoms with Crippen molar-refractivity contribution in [3.8, 4) is 10.4 Å². The van der Waals surface area contributed by atoms with Crippen LogP contribution in [-0.4, -0.2) is 24.4 Å². The zero-order chi connectivity index (χ0) is 20.8. The van der Waals surface area contributed by atoms with Gasteiger partial charge in [0.2, 0.25) is 0 Å². The van der Waals surface area contributed by atoms with E-state index in [1.807, 2.05) is 30.3 Å². The molecule has 1 saturated carbocycles. The van der Waals surface area contributed by atoms with Gasteiger partial charge in [0.15, 0.2) is 0 Å². The molecule has 2 aromatic carbocycles. The minimum Gasteiger partial charge on any atom is -0.399 e. The van der Waals surface area contributed by atoms with Crippen LogP contribution in [0, 0.1) is 5.82 Å². The Morgan fingerprint density at radius 3 is 2.70 bits per heavy atom. The second-order valence-corrected chi connectivity index (χ2v) is 8.73. The molecule has 0 bridgehead atoms. The quantitative estimate of drug-likeness (QED) is 0.622. The van der Waals surface area contributed by atoms with Crippen LogP contribution in [0.2, 0.25) is 0 Å². The summed E-state index contributed by atoms with van der Waals surface area (Å²) < 4.78 is 14.4. The number of nitrogens with two attached hydrogens (primary N) is 1. The predicted molar refractivity (Wildman–Crippen MR) is 116 cm³/mol. The number of rotatable bonds is 3. The molecule has 2 heterocycles. The van der Waals surface area contributed by atoms with Crippen LogP contribution in [0.5, 0.6) is 0 Å². The lowest BCUT2D eigenvalue weighted by Crippen LogP contribution is -2.33. The van der Waals surface area contributed by atoms with Gasteiger partial charge in [-0.25, -0.2) is 4.39 Å². The zero-order valence-electron chi connectivity index (χ0n) is 16.2. The normalized spacial score (nSPS) is 15.2. The first-order valence-corrected chi connectivity index (χ1v) is 10.7.